The summed E-state index contributed by atoms with van der Waals surface area (Å²) in [5, 5.41) is 17.0. The molecule has 3 aromatic carbocycles. The first kappa shape index (κ1) is 49.7. The molecule has 3 aliphatic rings. The molecule has 0 saturated carbocycles. The summed E-state index contributed by atoms with van der Waals surface area (Å²) in [6.07, 6.45) is 2.77. The van der Waals surface area contributed by atoms with Crippen LogP contribution < -0.4 is 10.7 Å². The van der Waals surface area contributed by atoms with Crippen molar-refractivity contribution in [2.75, 3.05) is 60.5 Å². The van der Waals surface area contributed by atoms with E-state index in [4.69, 9.17) is 4.74 Å². The van der Waals surface area contributed by atoms with E-state index in [2.05, 4.69) is 104 Å². The third kappa shape index (κ3) is 10.4. The molecule has 2 fully saturated rings. The molecule has 4 aromatic rings. The van der Waals surface area contributed by atoms with Crippen LogP contribution in [-0.4, -0.2) is 142 Å². The molecule has 68 heavy (non-hydrogen) atoms. The summed E-state index contributed by atoms with van der Waals surface area (Å²) in [7, 11) is 5.71. The van der Waals surface area contributed by atoms with Gasteiger partial charge < -0.3 is 39.3 Å². The molecule has 3 atom stereocenters. The van der Waals surface area contributed by atoms with Gasteiger partial charge in [0, 0.05) is 81.2 Å². The molecular weight excluding hydrogens is 861 g/mol. The summed E-state index contributed by atoms with van der Waals surface area (Å²) in [6, 6.07) is 18.0. The monoisotopic (exact) mass is 931 g/mol. The number of phenolic OH excluding ortho intramolecular Hbond substituents is 1. The number of aryl methyl sites for hydroxylation is 1. The van der Waals surface area contributed by atoms with Gasteiger partial charge in [0.2, 0.25) is 11.8 Å². The number of hydrazine groups is 1. The van der Waals surface area contributed by atoms with E-state index in [0.29, 0.717) is 44.5 Å². The zero-order chi connectivity index (χ0) is 49.2. The van der Waals surface area contributed by atoms with E-state index in [1.165, 1.54) is 21.5 Å². The van der Waals surface area contributed by atoms with Gasteiger partial charge >= 0.3 is 12.0 Å². The van der Waals surface area contributed by atoms with Crippen LogP contribution in [0.4, 0.5) is 4.79 Å². The summed E-state index contributed by atoms with van der Waals surface area (Å²) in [6.45, 7) is 18.4. The van der Waals surface area contributed by atoms with Crippen LogP contribution in [0, 0.1) is 11.3 Å². The van der Waals surface area contributed by atoms with Gasteiger partial charge in [-0.3, -0.25) is 24.2 Å². The minimum absolute atomic E-state index is 0.00176. The highest BCUT2D eigenvalue weighted by atomic mass is 16.5. The largest absolute Gasteiger partial charge is 0.508 e. The molecular formula is C53H70N8O7. The van der Waals surface area contributed by atoms with Gasteiger partial charge in [0.05, 0.1) is 12.3 Å². The number of piperazine rings is 1. The Hall–Kier alpha value is -6.19. The zero-order valence-electron chi connectivity index (χ0n) is 41.4. The highest BCUT2D eigenvalue weighted by Gasteiger charge is 2.44. The number of likely N-dealkylation sites (N-methyl/N-ethyl adjacent to an activating group) is 1. The summed E-state index contributed by atoms with van der Waals surface area (Å²) in [5.41, 5.74) is 8.84. The third-order valence-corrected chi connectivity index (χ3v) is 13.6. The molecule has 6 bridgehead atoms. The van der Waals surface area contributed by atoms with Crippen LogP contribution in [0.3, 0.4) is 0 Å². The van der Waals surface area contributed by atoms with Crippen molar-refractivity contribution in [2.24, 2.45) is 11.3 Å². The predicted octanol–water partition coefficient (Wildman–Crippen LogP) is 6.21. The van der Waals surface area contributed by atoms with Crippen molar-refractivity contribution in [1.29, 1.82) is 0 Å². The topological polar surface area (TPSA) is 160 Å². The lowest BCUT2D eigenvalue weighted by molar-refractivity contribution is -0.157. The normalized spacial score (nSPS) is 20.5. The number of urea groups is 1. The van der Waals surface area contributed by atoms with Gasteiger partial charge in [-0.25, -0.2) is 10.2 Å². The van der Waals surface area contributed by atoms with E-state index in [9.17, 15) is 24.3 Å². The van der Waals surface area contributed by atoms with Crippen molar-refractivity contribution >= 4 is 40.6 Å². The first-order valence-electron chi connectivity index (χ1n) is 24.0. The molecule has 2 saturated heterocycles. The van der Waals surface area contributed by atoms with Gasteiger partial charge in [-0.1, -0.05) is 70.7 Å². The number of cyclic esters (lactones) is 1. The number of amides is 5. The van der Waals surface area contributed by atoms with E-state index in [1.54, 1.807) is 35.9 Å². The number of carbonyl (C=O) groups excluding carboxylic acids is 5. The third-order valence-electron chi connectivity index (χ3n) is 13.6. The Morgan fingerprint density at radius 2 is 1.65 bits per heavy atom. The smallest absolute Gasteiger partial charge is 0.324 e. The summed E-state index contributed by atoms with van der Waals surface area (Å²) in [4.78, 5) is 76.9. The number of nitrogens with zero attached hydrogens (tertiary/aromatic N) is 6. The van der Waals surface area contributed by atoms with Crippen LogP contribution in [0.2, 0.25) is 0 Å². The van der Waals surface area contributed by atoms with Crippen LogP contribution in [0.25, 0.3) is 33.3 Å². The van der Waals surface area contributed by atoms with Crippen molar-refractivity contribution in [3.05, 3.63) is 90.0 Å². The first-order chi connectivity index (χ1) is 32.2. The van der Waals surface area contributed by atoms with Gasteiger partial charge in [-0.05, 0) is 111 Å². The van der Waals surface area contributed by atoms with Crippen molar-refractivity contribution < 1.29 is 33.8 Å². The Kier molecular flexibility index (Phi) is 14.8. The maximum Gasteiger partial charge on any atom is 0.324 e. The van der Waals surface area contributed by atoms with Gasteiger partial charge in [0.25, 0.3) is 5.91 Å². The second-order valence-corrected chi connectivity index (χ2v) is 20.4. The number of aromatic hydroxyl groups is 1. The van der Waals surface area contributed by atoms with Crippen molar-refractivity contribution in [2.45, 2.75) is 97.9 Å². The van der Waals surface area contributed by atoms with Crippen LogP contribution >= 0.6 is 0 Å². The standard InChI is InChI=1S/C53H70N8O7/c1-11-45(63)58-22-24-59(25-23-58)51(67)57(10)46(34(3)4)48(64)54-53(7)30-35-26-38(28-39(62)27-35)36-19-20-44-41(29-36)42(47(60(44)12-2)40-17-14-13-16-37(40)32-56(8)9)31-52(5,6)33-68-49(65)43-18-15-21-61(55-43)50(53)66/h11,13-14,16-17,19-20,26-29,34,43,46,55,62H,1,12,15,18,21-25,30-33H2,2-10H3,(H,54,64)/t43-,46-,53?/m0/s1. The van der Waals surface area contributed by atoms with Crippen molar-refractivity contribution in [1.82, 2.24) is 39.9 Å². The molecule has 1 unspecified atom stereocenters. The number of carbonyl (C=O) groups is 5. The zero-order valence-corrected chi connectivity index (χ0v) is 41.4. The molecule has 0 radical (unpaired) electrons. The SMILES string of the molecule is C=CC(=O)N1CCN(C(=O)N(C)[C@H](C(=O)NC2(C)Cc3cc(O)cc(c3)-c3ccc4c(c3)c(c(-c3ccccc3CN(C)C)n4CC)CC(C)(C)COC(=O)[C@@H]3CCCN(N3)C2=O)C(C)C)CC1. The molecule has 5 amide bonds. The Bertz CT molecular complexity index is 2580. The fourth-order valence-corrected chi connectivity index (χ4v) is 10.3. The van der Waals surface area contributed by atoms with E-state index < -0.39 is 40.8 Å². The van der Waals surface area contributed by atoms with Crippen LogP contribution in [0.1, 0.15) is 71.1 Å². The van der Waals surface area contributed by atoms with Gasteiger partial charge in [-0.2, -0.15) is 0 Å². The summed E-state index contributed by atoms with van der Waals surface area (Å²) in [5.74, 6) is -2.05. The van der Waals surface area contributed by atoms with E-state index >= 15 is 4.79 Å². The maximum absolute atomic E-state index is 15.1. The molecule has 0 spiro atoms. The molecule has 3 N–H and O–H groups in total. The number of fused-ring (bicyclic) bond motifs is 6. The number of nitrogens with one attached hydrogen (secondary N) is 2. The molecule has 7 rings (SSSR count). The number of rotatable bonds is 9. The highest BCUT2D eigenvalue weighted by molar-refractivity contribution is 5.97. The lowest BCUT2D eigenvalue weighted by atomic mass is 9.83. The van der Waals surface area contributed by atoms with E-state index in [-0.39, 0.29) is 56.3 Å². The number of benzene rings is 3. The molecule has 1 aromatic heterocycles. The molecule has 4 heterocycles. The minimum atomic E-state index is -1.63. The molecule has 15 heteroatoms. The average Bonchev–Trinajstić information content (AvgIpc) is 3.60. The van der Waals surface area contributed by atoms with Gasteiger partial charge in [-0.15, -0.1) is 0 Å². The maximum atomic E-state index is 15.1. The number of hydrogen-bond acceptors (Lipinski definition) is 9. The lowest BCUT2D eigenvalue weighted by Crippen LogP contribution is -2.67. The van der Waals surface area contributed by atoms with Crippen molar-refractivity contribution in [3.8, 4) is 28.1 Å². The first-order valence-corrected chi connectivity index (χ1v) is 24.0. The molecule has 3 aliphatic heterocycles. The van der Waals surface area contributed by atoms with Crippen LogP contribution in [-0.2, 0) is 49.8 Å². The van der Waals surface area contributed by atoms with Crippen molar-refractivity contribution in [3.63, 3.8) is 0 Å². The van der Waals surface area contributed by atoms with Gasteiger partial charge in [0.1, 0.15) is 23.4 Å². The lowest BCUT2D eigenvalue weighted by Gasteiger charge is -2.42. The summed E-state index contributed by atoms with van der Waals surface area (Å²) >= 11 is 0. The van der Waals surface area contributed by atoms with E-state index in [1.807, 2.05) is 19.9 Å². The number of esters is 1. The molecule has 15 nitrogen and oxygen atoms in total. The minimum Gasteiger partial charge on any atom is -0.508 e. The molecule has 364 valence electrons. The average molecular weight is 931 g/mol. The fraction of sp³-hybridized carbons (Fsp3) is 0.491. The fourth-order valence-electron chi connectivity index (χ4n) is 10.3. The summed E-state index contributed by atoms with van der Waals surface area (Å²) < 4.78 is 8.52. The second-order valence-electron chi connectivity index (χ2n) is 20.4. The predicted molar refractivity (Wildman–Crippen MR) is 264 cm³/mol. The van der Waals surface area contributed by atoms with Gasteiger partial charge in [0.15, 0.2) is 0 Å². The number of hydrogen-bond donors (Lipinski definition) is 3. The number of aromatic nitrogens is 1. The van der Waals surface area contributed by atoms with Crippen LogP contribution in [0.15, 0.2) is 73.3 Å². The molecule has 0 aliphatic carbocycles. The number of phenols is 1. The Labute approximate surface area is 401 Å². The highest BCUT2D eigenvalue weighted by Crippen LogP contribution is 2.42. The quantitative estimate of drug-likeness (QED) is 0.131. The van der Waals surface area contributed by atoms with Crippen LogP contribution in [0.5, 0.6) is 5.75 Å². The Morgan fingerprint density at radius 3 is 2.32 bits per heavy atom. The number of ether oxygens (including phenoxy) is 1. The van der Waals surface area contributed by atoms with E-state index in [0.717, 1.165) is 45.4 Å². The Balaban J connectivity index is 1.31. The Morgan fingerprint density at radius 1 is 0.941 bits per heavy atom. The second kappa shape index (κ2) is 20.2.